The van der Waals surface area contributed by atoms with Gasteiger partial charge in [0.1, 0.15) is 24.5 Å². The highest BCUT2D eigenvalue weighted by molar-refractivity contribution is 5.76. The van der Waals surface area contributed by atoms with Gasteiger partial charge in [-0.2, -0.15) is 0 Å². The molecule has 0 heterocycles. The van der Waals surface area contributed by atoms with Crippen molar-refractivity contribution in [2.75, 3.05) is 14.2 Å². The van der Waals surface area contributed by atoms with E-state index in [9.17, 15) is 4.79 Å². The number of hydrogen-bond acceptors (Lipinski definition) is 5. The fourth-order valence-corrected chi connectivity index (χ4v) is 2.24. The Morgan fingerprint density at radius 2 is 1.70 bits per heavy atom. The molecular weight excluding hydrogens is 294 g/mol. The first-order valence-corrected chi connectivity index (χ1v) is 7.28. The molecule has 2 rings (SSSR count). The van der Waals surface area contributed by atoms with Gasteiger partial charge in [-0.15, -0.1) is 0 Å². The fourth-order valence-electron chi connectivity index (χ4n) is 2.24. The first kappa shape index (κ1) is 17.0. The summed E-state index contributed by atoms with van der Waals surface area (Å²) in [4.78, 5) is 11.6. The molecule has 0 spiro atoms. The normalized spacial score (nSPS) is 13.2. The molecular formula is C18H21NO4. The monoisotopic (exact) mass is 315 g/mol. The second kappa shape index (κ2) is 8.31. The third-order valence-corrected chi connectivity index (χ3v) is 3.51. The van der Waals surface area contributed by atoms with Crippen molar-refractivity contribution in [3.63, 3.8) is 0 Å². The zero-order valence-electron chi connectivity index (χ0n) is 13.3. The van der Waals surface area contributed by atoms with Gasteiger partial charge in [0.2, 0.25) is 0 Å². The van der Waals surface area contributed by atoms with E-state index in [0.717, 1.165) is 16.9 Å². The molecule has 2 atom stereocenters. The summed E-state index contributed by atoms with van der Waals surface area (Å²) in [5.74, 6) is 0.223. The number of carbonyl (C=O) groups is 1. The predicted molar refractivity (Wildman–Crippen MR) is 87.0 cm³/mol. The highest BCUT2D eigenvalue weighted by Crippen LogP contribution is 2.23. The molecule has 23 heavy (non-hydrogen) atoms. The minimum atomic E-state index is -0.874. The number of esters is 1. The molecule has 2 aromatic rings. The van der Waals surface area contributed by atoms with Crippen molar-refractivity contribution in [1.29, 1.82) is 0 Å². The van der Waals surface area contributed by atoms with E-state index in [0.29, 0.717) is 6.61 Å². The largest absolute Gasteiger partial charge is 0.489 e. The molecule has 2 aromatic carbocycles. The van der Waals surface area contributed by atoms with E-state index < -0.39 is 18.1 Å². The molecule has 0 aliphatic carbocycles. The molecule has 0 amide bonds. The molecule has 0 aliphatic rings. The Balaban J connectivity index is 2.01. The SMILES string of the molecule is COC(=O)[C@@H](N)[C@H](OC)c1ccc(OCc2ccccc2)cc1. The number of nitrogens with two attached hydrogens (primary N) is 1. The molecule has 122 valence electrons. The molecule has 0 saturated carbocycles. The second-order valence-corrected chi connectivity index (χ2v) is 5.05. The van der Waals surface area contributed by atoms with Crippen LogP contribution in [0.4, 0.5) is 0 Å². The summed E-state index contributed by atoms with van der Waals surface area (Å²) in [5, 5.41) is 0. The molecule has 0 unspecified atom stereocenters. The van der Waals surface area contributed by atoms with E-state index in [-0.39, 0.29) is 0 Å². The average Bonchev–Trinajstić information content (AvgIpc) is 2.61. The molecule has 2 N–H and O–H groups in total. The van der Waals surface area contributed by atoms with Crippen LogP contribution in [0.1, 0.15) is 17.2 Å². The zero-order valence-corrected chi connectivity index (χ0v) is 13.3. The molecule has 0 radical (unpaired) electrons. The van der Waals surface area contributed by atoms with Crippen LogP contribution in [-0.2, 0) is 20.9 Å². The lowest BCUT2D eigenvalue weighted by molar-refractivity contribution is -0.145. The van der Waals surface area contributed by atoms with Crippen molar-refractivity contribution in [3.8, 4) is 5.75 Å². The Morgan fingerprint density at radius 3 is 2.26 bits per heavy atom. The Kier molecular flexibility index (Phi) is 6.14. The number of ether oxygens (including phenoxy) is 3. The number of benzene rings is 2. The topological polar surface area (TPSA) is 70.8 Å². The molecule has 5 heteroatoms. The molecule has 0 aromatic heterocycles. The van der Waals surface area contributed by atoms with Gasteiger partial charge in [0.15, 0.2) is 0 Å². The number of carbonyl (C=O) groups excluding carboxylic acids is 1. The second-order valence-electron chi connectivity index (χ2n) is 5.05. The third-order valence-electron chi connectivity index (χ3n) is 3.51. The lowest BCUT2D eigenvalue weighted by Crippen LogP contribution is -2.38. The van der Waals surface area contributed by atoms with Gasteiger partial charge in [-0.3, -0.25) is 4.79 Å². The summed E-state index contributed by atoms with van der Waals surface area (Å²) < 4.78 is 15.7. The minimum Gasteiger partial charge on any atom is -0.489 e. The quantitative estimate of drug-likeness (QED) is 0.795. The van der Waals surface area contributed by atoms with E-state index >= 15 is 0 Å². The first-order chi connectivity index (χ1) is 11.2. The van der Waals surface area contributed by atoms with E-state index in [2.05, 4.69) is 4.74 Å². The number of rotatable bonds is 7. The van der Waals surface area contributed by atoms with Crippen LogP contribution in [0.5, 0.6) is 5.75 Å². The summed E-state index contributed by atoms with van der Waals surface area (Å²) >= 11 is 0. The van der Waals surface area contributed by atoms with E-state index in [1.807, 2.05) is 54.6 Å². The van der Waals surface area contributed by atoms with Crippen LogP contribution in [0.2, 0.25) is 0 Å². The van der Waals surface area contributed by atoms with Crippen molar-refractivity contribution < 1.29 is 19.0 Å². The lowest BCUT2D eigenvalue weighted by atomic mass is 10.0. The van der Waals surface area contributed by atoms with E-state index in [1.165, 1.54) is 14.2 Å². The molecule has 0 aliphatic heterocycles. The molecule has 0 bridgehead atoms. The van der Waals surface area contributed by atoms with Crippen molar-refractivity contribution in [2.24, 2.45) is 5.73 Å². The highest BCUT2D eigenvalue weighted by Gasteiger charge is 2.26. The molecule has 5 nitrogen and oxygen atoms in total. The van der Waals surface area contributed by atoms with E-state index in [4.69, 9.17) is 15.2 Å². The summed E-state index contributed by atoms with van der Waals surface area (Å²) in [7, 11) is 2.81. The Bertz CT molecular complexity index is 613. The number of hydrogen-bond donors (Lipinski definition) is 1. The van der Waals surface area contributed by atoms with Crippen molar-refractivity contribution >= 4 is 5.97 Å². The third kappa shape index (κ3) is 4.55. The van der Waals surface area contributed by atoms with Crippen LogP contribution in [0.3, 0.4) is 0 Å². The van der Waals surface area contributed by atoms with Gasteiger partial charge in [0.25, 0.3) is 0 Å². The van der Waals surface area contributed by atoms with Crippen LogP contribution in [0.15, 0.2) is 54.6 Å². The summed E-state index contributed by atoms with van der Waals surface area (Å²) in [6.07, 6.45) is -0.564. The maximum absolute atomic E-state index is 11.6. The van der Waals surface area contributed by atoms with Crippen LogP contribution >= 0.6 is 0 Å². The van der Waals surface area contributed by atoms with Gasteiger partial charge >= 0.3 is 5.97 Å². The molecule has 0 saturated heterocycles. The van der Waals surface area contributed by atoms with Crippen LogP contribution < -0.4 is 10.5 Å². The number of methoxy groups -OCH3 is 2. The van der Waals surface area contributed by atoms with Gasteiger partial charge in [0, 0.05) is 7.11 Å². The maximum atomic E-state index is 11.6. The predicted octanol–water partition coefficient (Wildman–Crippen LogP) is 2.45. The summed E-state index contributed by atoms with van der Waals surface area (Å²) in [6, 6.07) is 16.4. The van der Waals surface area contributed by atoms with Crippen LogP contribution in [0, 0.1) is 0 Å². The minimum absolute atomic E-state index is 0.496. The maximum Gasteiger partial charge on any atom is 0.325 e. The Morgan fingerprint density at radius 1 is 1.04 bits per heavy atom. The van der Waals surface area contributed by atoms with Gasteiger partial charge < -0.3 is 19.9 Å². The van der Waals surface area contributed by atoms with E-state index in [1.54, 1.807) is 0 Å². The Labute approximate surface area is 136 Å². The summed E-state index contributed by atoms with van der Waals surface area (Å²) in [6.45, 7) is 0.496. The fraction of sp³-hybridized carbons (Fsp3) is 0.278. The zero-order chi connectivity index (χ0) is 16.7. The van der Waals surface area contributed by atoms with Gasteiger partial charge in [0.05, 0.1) is 7.11 Å². The van der Waals surface area contributed by atoms with Gasteiger partial charge in [-0.25, -0.2) is 0 Å². The highest BCUT2D eigenvalue weighted by atomic mass is 16.5. The van der Waals surface area contributed by atoms with Crippen molar-refractivity contribution in [1.82, 2.24) is 0 Å². The van der Waals surface area contributed by atoms with Crippen molar-refractivity contribution in [2.45, 2.75) is 18.8 Å². The smallest absolute Gasteiger partial charge is 0.325 e. The standard InChI is InChI=1S/C18H21NO4/c1-21-17(16(19)18(20)22-2)14-8-10-15(11-9-14)23-12-13-6-4-3-5-7-13/h3-11,16-17H,12,19H2,1-2H3/t16-,17+/m0/s1. The first-order valence-electron chi connectivity index (χ1n) is 7.28. The Hall–Kier alpha value is -2.37. The van der Waals surface area contributed by atoms with Crippen molar-refractivity contribution in [3.05, 3.63) is 65.7 Å². The van der Waals surface area contributed by atoms with Crippen LogP contribution in [0.25, 0.3) is 0 Å². The van der Waals surface area contributed by atoms with Crippen LogP contribution in [-0.4, -0.2) is 26.2 Å². The van der Waals surface area contributed by atoms with Gasteiger partial charge in [-0.1, -0.05) is 42.5 Å². The molecule has 0 fully saturated rings. The van der Waals surface area contributed by atoms with Gasteiger partial charge in [-0.05, 0) is 23.3 Å². The average molecular weight is 315 g/mol. The lowest BCUT2D eigenvalue weighted by Gasteiger charge is -2.21. The summed E-state index contributed by atoms with van der Waals surface area (Å²) in [5.41, 5.74) is 7.74.